The van der Waals surface area contributed by atoms with E-state index in [2.05, 4.69) is 13.0 Å². The molecular formula is C16H23NO. The van der Waals surface area contributed by atoms with Gasteiger partial charge in [0.2, 0.25) is 0 Å². The second kappa shape index (κ2) is 5.66. The largest absolute Gasteiger partial charge is 0.330 e. The Morgan fingerprint density at radius 2 is 2.00 bits per heavy atom. The van der Waals surface area contributed by atoms with Crippen molar-refractivity contribution in [2.45, 2.75) is 39.5 Å². The third kappa shape index (κ3) is 2.49. The summed E-state index contributed by atoms with van der Waals surface area (Å²) < 4.78 is 0. The van der Waals surface area contributed by atoms with Crippen LogP contribution in [-0.2, 0) is 0 Å². The van der Waals surface area contributed by atoms with E-state index in [4.69, 9.17) is 5.73 Å². The number of carbonyl (C=O) groups excluding carboxylic acids is 1. The van der Waals surface area contributed by atoms with Crippen molar-refractivity contribution in [2.24, 2.45) is 17.6 Å². The van der Waals surface area contributed by atoms with Gasteiger partial charge in [-0.25, -0.2) is 0 Å². The van der Waals surface area contributed by atoms with E-state index in [9.17, 15) is 4.79 Å². The lowest BCUT2D eigenvalue weighted by Crippen LogP contribution is -2.32. The molecule has 1 saturated carbocycles. The Bertz CT molecular complexity index is 439. The molecule has 1 aliphatic rings. The Hall–Kier alpha value is -1.15. The minimum absolute atomic E-state index is 0.143. The number of rotatable bonds is 3. The van der Waals surface area contributed by atoms with E-state index in [0.717, 1.165) is 30.4 Å². The first kappa shape index (κ1) is 13.3. The predicted molar refractivity (Wildman–Crippen MR) is 74.7 cm³/mol. The van der Waals surface area contributed by atoms with Crippen molar-refractivity contribution in [1.29, 1.82) is 0 Å². The van der Waals surface area contributed by atoms with Crippen LogP contribution in [0, 0.1) is 25.7 Å². The smallest absolute Gasteiger partial charge is 0.166 e. The lowest BCUT2D eigenvalue weighted by molar-refractivity contribution is 0.0829. The summed E-state index contributed by atoms with van der Waals surface area (Å²) in [6, 6.07) is 6.01. The number of benzene rings is 1. The van der Waals surface area contributed by atoms with Gasteiger partial charge in [-0.2, -0.15) is 0 Å². The molecule has 1 fully saturated rings. The highest BCUT2D eigenvalue weighted by Gasteiger charge is 2.31. The monoisotopic (exact) mass is 245 g/mol. The molecule has 2 atom stereocenters. The van der Waals surface area contributed by atoms with Gasteiger partial charge in [0.05, 0.1) is 0 Å². The number of carbonyl (C=O) groups is 1. The van der Waals surface area contributed by atoms with Gasteiger partial charge in [0.1, 0.15) is 0 Å². The quantitative estimate of drug-likeness (QED) is 0.831. The second-order valence-corrected chi connectivity index (χ2v) is 5.50. The highest BCUT2D eigenvalue weighted by Crippen LogP contribution is 2.32. The number of hydrogen-bond donors (Lipinski definition) is 1. The molecule has 18 heavy (non-hydrogen) atoms. The van der Waals surface area contributed by atoms with E-state index in [-0.39, 0.29) is 5.92 Å². The molecule has 0 heterocycles. The standard InChI is InChI=1S/C16H23NO/c1-11-6-5-9-14(12(11)2)16(18)15-8-4-3-7-13(15)10-17/h5-6,9,13,15H,3-4,7-8,10,17H2,1-2H3. The number of hydrogen-bond acceptors (Lipinski definition) is 2. The molecule has 2 unspecified atom stereocenters. The Morgan fingerprint density at radius 3 is 2.72 bits per heavy atom. The van der Waals surface area contributed by atoms with Gasteiger partial charge >= 0.3 is 0 Å². The van der Waals surface area contributed by atoms with Crippen LogP contribution < -0.4 is 5.73 Å². The van der Waals surface area contributed by atoms with E-state index in [1.165, 1.54) is 12.0 Å². The van der Waals surface area contributed by atoms with Gasteiger partial charge in [-0.3, -0.25) is 4.79 Å². The molecule has 0 aromatic heterocycles. The first-order valence-corrected chi connectivity index (χ1v) is 6.95. The fourth-order valence-corrected chi connectivity index (χ4v) is 3.05. The molecular weight excluding hydrogens is 222 g/mol. The van der Waals surface area contributed by atoms with Crippen molar-refractivity contribution in [3.05, 3.63) is 34.9 Å². The lowest BCUT2D eigenvalue weighted by Gasteiger charge is -2.30. The Labute approximate surface area is 110 Å². The van der Waals surface area contributed by atoms with Crippen LogP contribution in [0.15, 0.2) is 18.2 Å². The summed E-state index contributed by atoms with van der Waals surface area (Å²) in [5.41, 5.74) is 9.05. The van der Waals surface area contributed by atoms with Crippen molar-refractivity contribution in [1.82, 2.24) is 0 Å². The molecule has 2 rings (SSSR count). The average Bonchev–Trinajstić information content (AvgIpc) is 2.41. The van der Waals surface area contributed by atoms with Crippen LogP contribution in [0.3, 0.4) is 0 Å². The summed E-state index contributed by atoms with van der Waals surface area (Å²) in [5.74, 6) is 0.835. The highest BCUT2D eigenvalue weighted by molar-refractivity contribution is 5.99. The molecule has 2 nitrogen and oxygen atoms in total. The van der Waals surface area contributed by atoms with Crippen LogP contribution >= 0.6 is 0 Å². The van der Waals surface area contributed by atoms with Crippen LogP contribution in [-0.4, -0.2) is 12.3 Å². The molecule has 1 aromatic rings. The minimum atomic E-state index is 0.143. The summed E-state index contributed by atoms with van der Waals surface area (Å²) in [6.07, 6.45) is 4.50. The first-order chi connectivity index (χ1) is 8.65. The van der Waals surface area contributed by atoms with Gasteiger partial charge in [0.15, 0.2) is 5.78 Å². The fraction of sp³-hybridized carbons (Fsp3) is 0.562. The molecule has 0 bridgehead atoms. The second-order valence-electron chi connectivity index (χ2n) is 5.50. The normalized spacial score (nSPS) is 23.9. The van der Waals surface area contributed by atoms with Crippen LogP contribution in [0.1, 0.15) is 47.2 Å². The summed E-state index contributed by atoms with van der Waals surface area (Å²) in [7, 11) is 0. The molecule has 0 radical (unpaired) electrons. The van der Waals surface area contributed by atoms with E-state index < -0.39 is 0 Å². The number of Topliss-reactive ketones (excluding diaryl/α,β-unsaturated/α-hetero) is 1. The summed E-state index contributed by atoms with van der Waals surface area (Å²) in [5, 5.41) is 0. The van der Waals surface area contributed by atoms with E-state index in [1.54, 1.807) is 0 Å². The lowest BCUT2D eigenvalue weighted by atomic mass is 9.75. The summed E-state index contributed by atoms with van der Waals surface area (Å²) in [6.45, 7) is 4.75. The Morgan fingerprint density at radius 1 is 1.28 bits per heavy atom. The summed E-state index contributed by atoms with van der Waals surface area (Å²) in [4.78, 5) is 12.7. The molecule has 1 aliphatic carbocycles. The maximum Gasteiger partial charge on any atom is 0.166 e. The van der Waals surface area contributed by atoms with Gasteiger partial charge in [-0.15, -0.1) is 0 Å². The van der Waals surface area contributed by atoms with Gasteiger partial charge in [-0.1, -0.05) is 31.0 Å². The molecule has 98 valence electrons. The molecule has 0 saturated heterocycles. The number of aryl methyl sites for hydroxylation is 1. The zero-order chi connectivity index (χ0) is 13.1. The molecule has 1 aromatic carbocycles. The number of nitrogens with two attached hydrogens (primary N) is 1. The van der Waals surface area contributed by atoms with Crippen molar-refractivity contribution in [2.75, 3.05) is 6.54 Å². The van der Waals surface area contributed by atoms with Crippen molar-refractivity contribution in [3.8, 4) is 0 Å². The minimum Gasteiger partial charge on any atom is -0.330 e. The maximum atomic E-state index is 12.7. The van der Waals surface area contributed by atoms with Gasteiger partial charge < -0.3 is 5.73 Å². The molecule has 0 aliphatic heterocycles. The number of ketones is 1. The highest BCUT2D eigenvalue weighted by atomic mass is 16.1. The molecule has 0 spiro atoms. The summed E-state index contributed by atoms with van der Waals surface area (Å²) >= 11 is 0. The third-order valence-electron chi connectivity index (χ3n) is 4.42. The van der Waals surface area contributed by atoms with Crippen molar-refractivity contribution < 1.29 is 4.79 Å². The van der Waals surface area contributed by atoms with Gasteiger partial charge in [0, 0.05) is 11.5 Å². The van der Waals surface area contributed by atoms with Crippen molar-refractivity contribution in [3.63, 3.8) is 0 Å². The molecule has 2 heteroatoms. The molecule has 0 amide bonds. The Kier molecular flexibility index (Phi) is 4.18. The van der Waals surface area contributed by atoms with E-state index >= 15 is 0 Å². The fourth-order valence-electron chi connectivity index (χ4n) is 3.05. The zero-order valence-electron chi connectivity index (χ0n) is 11.4. The van der Waals surface area contributed by atoms with Crippen LogP contribution in [0.2, 0.25) is 0 Å². The average molecular weight is 245 g/mol. The topological polar surface area (TPSA) is 43.1 Å². The predicted octanol–water partition coefficient (Wildman–Crippen LogP) is 3.25. The third-order valence-corrected chi connectivity index (χ3v) is 4.42. The van der Waals surface area contributed by atoms with Crippen molar-refractivity contribution >= 4 is 5.78 Å². The van der Waals surface area contributed by atoms with Crippen LogP contribution in [0.4, 0.5) is 0 Å². The zero-order valence-corrected chi connectivity index (χ0v) is 11.4. The van der Waals surface area contributed by atoms with Crippen LogP contribution in [0.25, 0.3) is 0 Å². The van der Waals surface area contributed by atoms with E-state index in [1.807, 2.05) is 19.1 Å². The SMILES string of the molecule is Cc1cccc(C(=O)C2CCCCC2CN)c1C. The first-order valence-electron chi connectivity index (χ1n) is 6.95. The van der Waals surface area contributed by atoms with Gasteiger partial charge in [0.25, 0.3) is 0 Å². The molecule has 2 N–H and O–H groups in total. The van der Waals surface area contributed by atoms with Crippen LogP contribution in [0.5, 0.6) is 0 Å². The maximum absolute atomic E-state index is 12.7. The Balaban J connectivity index is 2.27. The van der Waals surface area contributed by atoms with Gasteiger partial charge in [-0.05, 0) is 50.3 Å². The van der Waals surface area contributed by atoms with E-state index in [0.29, 0.717) is 18.2 Å².